The quantitative estimate of drug-likeness (QED) is 0.827. The lowest BCUT2D eigenvalue weighted by molar-refractivity contribution is 0.0734. The lowest BCUT2D eigenvalue weighted by Crippen LogP contribution is -2.40. The Hall–Kier alpha value is -1.12. The predicted molar refractivity (Wildman–Crippen MR) is 82.7 cm³/mol. The van der Waals surface area contributed by atoms with Crippen LogP contribution in [0.4, 0.5) is 0 Å². The molecule has 1 N–H and O–H groups in total. The summed E-state index contributed by atoms with van der Waals surface area (Å²) in [5.74, 6) is 0. The number of benzene rings is 1. The molecule has 0 saturated carbocycles. The van der Waals surface area contributed by atoms with E-state index in [-0.39, 0.29) is 11.5 Å². The van der Waals surface area contributed by atoms with Crippen molar-refractivity contribution in [2.24, 2.45) is 0 Å². The van der Waals surface area contributed by atoms with Crippen LogP contribution in [-0.4, -0.2) is 11.2 Å². The molecule has 1 aromatic carbocycles. The van der Waals surface area contributed by atoms with Crippen molar-refractivity contribution < 1.29 is 5.11 Å². The number of aliphatic hydroxyl groups is 1. The lowest BCUT2D eigenvalue weighted by atomic mass is 9.70. The van der Waals surface area contributed by atoms with Crippen molar-refractivity contribution in [3.63, 3.8) is 0 Å². The van der Waals surface area contributed by atoms with Crippen LogP contribution in [0, 0.1) is 0 Å². The molecule has 0 aliphatic carbocycles. The molecule has 0 radical (unpaired) electrons. The van der Waals surface area contributed by atoms with Crippen molar-refractivity contribution in [2.75, 3.05) is 0 Å². The summed E-state index contributed by atoms with van der Waals surface area (Å²) in [6, 6.07) is 12.5. The van der Waals surface area contributed by atoms with Gasteiger partial charge in [-0.3, -0.25) is 0 Å². The SMILES string of the molecule is CCC(CC)(c1ccccc1)C(O)Cc1ccsc1. The Morgan fingerprint density at radius 3 is 2.32 bits per heavy atom. The van der Waals surface area contributed by atoms with E-state index in [2.05, 4.69) is 54.9 Å². The Morgan fingerprint density at radius 1 is 1.11 bits per heavy atom. The van der Waals surface area contributed by atoms with E-state index in [1.165, 1.54) is 11.1 Å². The molecule has 0 spiro atoms. The minimum atomic E-state index is -0.334. The number of thiophene rings is 1. The molecule has 0 saturated heterocycles. The Balaban J connectivity index is 2.28. The van der Waals surface area contributed by atoms with E-state index in [4.69, 9.17) is 0 Å². The molecular formula is C17H22OS. The number of hydrogen-bond acceptors (Lipinski definition) is 2. The summed E-state index contributed by atoms with van der Waals surface area (Å²) in [5.41, 5.74) is 2.35. The average molecular weight is 274 g/mol. The first kappa shape index (κ1) is 14.3. The fraction of sp³-hybridized carbons (Fsp3) is 0.412. The molecular weight excluding hydrogens is 252 g/mol. The van der Waals surface area contributed by atoms with Crippen LogP contribution in [0.5, 0.6) is 0 Å². The zero-order valence-electron chi connectivity index (χ0n) is 11.7. The molecule has 0 aliphatic heterocycles. The second-order valence-electron chi connectivity index (χ2n) is 5.08. The van der Waals surface area contributed by atoms with E-state index in [1.807, 2.05) is 6.07 Å². The Morgan fingerprint density at radius 2 is 1.79 bits per heavy atom. The lowest BCUT2D eigenvalue weighted by Gasteiger charge is -2.37. The molecule has 102 valence electrons. The van der Waals surface area contributed by atoms with Gasteiger partial charge in [-0.2, -0.15) is 11.3 Å². The topological polar surface area (TPSA) is 20.2 Å². The zero-order chi connectivity index (χ0) is 13.7. The van der Waals surface area contributed by atoms with Crippen LogP contribution in [0.3, 0.4) is 0 Å². The van der Waals surface area contributed by atoms with Gasteiger partial charge in [0.2, 0.25) is 0 Å². The van der Waals surface area contributed by atoms with Gasteiger partial charge in [-0.25, -0.2) is 0 Å². The van der Waals surface area contributed by atoms with Crippen molar-refractivity contribution in [3.8, 4) is 0 Å². The van der Waals surface area contributed by atoms with Gasteiger partial charge >= 0.3 is 0 Å². The van der Waals surface area contributed by atoms with E-state index in [0.29, 0.717) is 0 Å². The van der Waals surface area contributed by atoms with E-state index < -0.39 is 0 Å². The maximum absolute atomic E-state index is 10.8. The summed E-state index contributed by atoms with van der Waals surface area (Å²) in [7, 11) is 0. The van der Waals surface area contributed by atoms with Crippen molar-refractivity contribution in [1.29, 1.82) is 0 Å². The summed E-state index contributed by atoms with van der Waals surface area (Å²) >= 11 is 1.69. The van der Waals surface area contributed by atoms with Gasteiger partial charge in [0.05, 0.1) is 6.10 Å². The van der Waals surface area contributed by atoms with Crippen molar-refractivity contribution >= 4 is 11.3 Å². The molecule has 0 aliphatic rings. The monoisotopic (exact) mass is 274 g/mol. The summed E-state index contributed by atoms with van der Waals surface area (Å²) in [4.78, 5) is 0. The fourth-order valence-corrected chi connectivity index (χ4v) is 3.60. The van der Waals surface area contributed by atoms with Crippen LogP contribution < -0.4 is 0 Å². The number of hydrogen-bond donors (Lipinski definition) is 1. The highest BCUT2D eigenvalue weighted by Gasteiger charge is 2.36. The highest BCUT2D eigenvalue weighted by Crippen LogP contribution is 2.36. The molecule has 2 heteroatoms. The van der Waals surface area contributed by atoms with Gasteiger partial charge in [-0.1, -0.05) is 44.2 Å². The second-order valence-corrected chi connectivity index (χ2v) is 5.86. The minimum Gasteiger partial charge on any atom is -0.392 e. The first-order valence-corrected chi connectivity index (χ1v) is 7.92. The molecule has 0 fully saturated rings. The molecule has 19 heavy (non-hydrogen) atoms. The first-order chi connectivity index (χ1) is 9.23. The summed E-state index contributed by atoms with van der Waals surface area (Å²) < 4.78 is 0. The van der Waals surface area contributed by atoms with E-state index in [1.54, 1.807) is 11.3 Å². The Labute approximate surface area is 119 Å². The third kappa shape index (κ3) is 2.90. The molecule has 1 atom stereocenters. The predicted octanol–water partition coefficient (Wildman–Crippen LogP) is 4.41. The van der Waals surface area contributed by atoms with Crippen LogP contribution in [0.25, 0.3) is 0 Å². The summed E-state index contributed by atoms with van der Waals surface area (Å²) in [6.45, 7) is 4.35. The molecule has 2 aromatic rings. The van der Waals surface area contributed by atoms with Gasteiger partial charge in [0, 0.05) is 11.8 Å². The van der Waals surface area contributed by atoms with Crippen LogP contribution >= 0.6 is 11.3 Å². The van der Waals surface area contributed by atoms with Crippen LogP contribution in [0.1, 0.15) is 37.8 Å². The van der Waals surface area contributed by atoms with E-state index in [9.17, 15) is 5.11 Å². The largest absolute Gasteiger partial charge is 0.392 e. The Kier molecular flexibility index (Phi) is 4.78. The average Bonchev–Trinajstić information content (AvgIpc) is 2.95. The van der Waals surface area contributed by atoms with Crippen molar-refractivity contribution in [3.05, 3.63) is 58.3 Å². The Bertz CT molecular complexity index is 471. The molecule has 0 bridgehead atoms. The minimum absolute atomic E-state index is 0.136. The van der Waals surface area contributed by atoms with Gasteiger partial charge < -0.3 is 5.11 Å². The van der Waals surface area contributed by atoms with Gasteiger partial charge in [0.1, 0.15) is 0 Å². The highest BCUT2D eigenvalue weighted by molar-refractivity contribution is 7.07. The van der Waals surface area contributed by atoms with Crippen LogP contribution in [0.15, 0.2) is 47.2 Å². The van der Waals surface area contributed by atoms with Gasteiger partial charge in [-0.15, -0.1) is 0 Å². The molecule has 1 heterocycles. The second kappa shape index (κ2) is 6.36. The maximum atomic E-state index is 10.8. The fourth-order valence-electron chi connectivity index (χ4n) is 2.92. The number of rotatable bonds is 6. The standard InChI is InChI=1S/C17H22OS/c1-3-17(4-2,15-8-6-5-7-9-15)16(18)12-14-10-11-19-13-14/h5-11,13,16,18H,3-4,12H2,1-2H3. The molecule has 1 unspecified atom stereocenters. The summed E-state index contributed by atoms with van der Waals surface area (Å²) in [6.07, 6.45) is 2.32. The molecule has 0 amide bonds. The highest BCUT2D eigenvalue weighted by atomic mass is 32.1. The van der Waals surface area contributed by atoms with Crippen LogP contribution in [0.2, 0.25) is 0 Å². The van der Waals surface area contributed by atoms with Gasteiger partial charge in [-0.05, 0) is 40.8 Å². The third-order valence-corrected chi connectivity index (χ3v) is 4.99. The maximum Gasteiger partial charge on any atom is 0.0677 e. The van der Waals surface area contributed by atoms with Gasteiger partial charge in [0.25, 0.3) is 0 Å². The molecule has 1 aromatic heterocycles. The van der Waals surface area contributed by atoms with Crippen molar-refractivity contribution in [1.82, 2.24) is 0 Å². The van der Waals surface area contributed by atoms with Gasteiger partial charge in [0.15, 0.2) is 0 Å². The van der Waals surface area contributed by atoms with E-state index >= 15 is 0 Å². The summed E-state index contributed by atoms with van der Waals surface area (Å²) in [5, 5.41) is 15.0. The smallest absolute Gasteiger partial charge is 0.0677 e. The normalized spacial score (nSPS) is 13.4. The molecule has 2 rings (SSSR count). The molecule has 1 nitrogen and oxygen atoms in total. The third-order valence-electron chi connectivity index (χ3n) is 4.26. The van der Waals surface area contributed by atoms with E-state index in [0.717, 1.165) is 19.3 Å². The first-order valence-electron chi connectivity index (χ1n) is 6.97. The zero-order valence-corrected chi connectivity index (χ0v) is 12.5. The van der Waals surface area contributed by atoms with Crippen molar-refractivity contribution in [2.45, 2.75) is 44.6 Å². The van der Waals surface area contributed by atoms with Crippen LogP contribution in [-0.2, 0) is 11.8 Å². The number of aliphatic hydroxyl groups excluding tert-OH is 1.